The van der Waals surface area contributed by atoms with Gasteiger partial charge in [-0.25, -0.2) is 4.98 Å². The van der Waals surface area contributed by atoms with Crippen LogP contribution >= 0.6 is 11.6 Å². The first-order valence-electron chi connectivity index (χ1n) is 4.85. The molecule has 0 aliphatic carbocycles. The van der Waals surface area contributed by atoms with Gasteiger partial charge >= 0.3 is 0 Å². The van der Waals surface area contributed by atoms with Gasteiger partial charge in [0.1, 0.15) is 5.82 Å². The third-order valence-electron chi connectivity index (χ3n) is 2.13. The van der Waals surface area contributed by atoms with E-state index in [2.05, 4.69) is 10.3 Å². The average Bonchev–Trinajstić information content (AvgIpc) is 2.24. The van der Waals surface area contributed by atoms with Crippen LogP contribution in [0.5, 0.6) is 0 Å². The maximum absolute atomic E-state index is 5.87. The summed E-state index contributed by atoms with van der Waals surface area (Å²) >= 11 is 5.87. The lowest BCUT2D eigenvalue weighted by atomic mass is 10.1. The van der Waals surface area contributed by atoms with Crippen LogP contribution in [0.4, 0.5) is 5.82 Å². The number of aromatic nitrogens is 1. The molecule has 0 aromatic carbocycles. The van der Waals surface area contributed by atoms with Crippen LogP contribution in [0.25, 0.3) is 0 Å². The van der Waals surface area contributed by atoms with Crippen molar-refractivity contribution in [3.8, 4) is 0 Å². The fourth-order valence-electron chi connectivity index (χ4n) is 1.31. The molecule has 4 nitrogen and oxygen atoms in total. The van der Waals surface area contributed by atoms with Gasteiger partial charge in [-0.1, -0.05) is 11.6 Å². The van der Waals surface area contributed by atoms with Crippen LogP contribution in [0.3, 0.4) is 0 Å². The molecule has 3 N–H and O–H groups in total. The van der Waals surface area contributed by atoms with E-state index in [1.165, 1.54) is 6.20 Å². The van der Waals surface area contributed by atoms with Gasteiger partial charge in [-0.15, -0.1) is 0 Å². The number of hydrogen-bond donors (Lipinski definition) is 2. The van der Waals surface area contributed by atoms with Crippen molar-refractivity contribution in [2.45, 2.75) is 13.0 Å². The summed E-state index contributed by atoms with van der Waals surface area (Å²) in [7, 11) is 1.85. The highest BCUT2D eigenvalue weighted by molar-refractivity contribution is 6.30. The molecule has 1 atom stereocenters. The molecular formula is C10H16ClN3O. The van der Waals surface area contributed by atoms with E-state index in [0.29, 0.717) is 24.1 Å². The number of halogens is 1. The van der Waals surface area contributed by atoms with E-state index < -0.39 is 0 Å². The van der Waals surface area contributed by atoms with Crippen molar-refractivity contribution >= 4 is 17.4 Å². The van der Waals surface area contributed by atoms with Crippen LogP contribution in [0.15, 0.2) is 12.3 Å². The fourth-order valence-corrected chi connectivity index (χ4v) is 1.48. The van der Waals surface area contributed by atoms with Gasteiger partial charge in [-0.05, 0) is 20.0 Å². The first-order valence-corrected chi connectivity index (χ1v) is 5.22. The summed E-state index contributed by atoms with van der Waals surface area (Å²) in [5.41, 5.74) is 6.65. The summed E-state index contributed by atoms with van der Waals surface area (Å²) in [5.74, 6) is 0.485. The highest BCUT2D eigenvalue weighted by Gasteiger charge is 2.13. The lowest BCUT2D eigenvalue weighted by Gasteiger charge is -2.17. The molecule has 1 aromatic heterocycles. The van der Waals surface area contributed by atoms with Gasteiger partial charge in [0, 0.05) is 18.4 Å². The Morgan fingerprint density at radius 1 is 1.67 bits per heavy atom. The highest BCUT2D eigenvalue weighted by Crippen LogP contribution is 2.22. The van der Waals surface area contributed by atoms with Crippen LogP contribution in [0.2, 0.25) is 5.02 Å². The molecule has 5 heteroatoms. The van der Waals surface area contributed by atoms with Crippen molar-refractivity contribution in [3.05, 3.63) is 22.8 Å². The zero-order valence-corrected chi connectivity index (χ0v) is 9.71. The molecule has 0 aliphatic heterocycles. The lowest BCUT2D eigenvalue weighted by Crippen LogP contribution is -2.23. The third kappa shape index (κ3) is 3.34. The van der Waals surface area contributed by atoms with Gasteiger partial charge in [0.15, 0.2) is 0 Å². The molecule has 15 heavy (non-hydrogen) atoms. The molecule has 0 fully saturated rings. The first kappa shape index (κ1) is 12.2. The van der Waals surface area contributed by atoms with Gasteiger partial charge in [-0.3, -0.25) is 0 Å². The van der Waals surface area contributed by atoms with Crippen molar-refractivity contribution in [3.63, 3.8) is 0 Å². The predicted molar refractivity (Wildman–Crippen MR) is 62.0 cm³/mol. The minimum atomic E-state index is 0.0242. The number of rotatable bonds is 5. The minimum absolute atomic E-state index is 0.0242. The summed E-state index contributed by atoms with van der Waals surface area (Å²) in [5, 5.41) is 3.70. The zero-order valence-electron chi connectivity index (χ0n) is 8.96. The lowest BCUT2D eigenvalue weighted by molar-refractivity contribution is 0.125. The summed E-state index contributed by atoms with van der Waals surface area (Å²) in [6.45, 7) is 3.18. The second-order valence-electron chi connectivity index (χ2n) is 3.13. The molecule has 1 heterocycles. The smallest absolute Gasteiger partial charge is 0.128 e. The Bertz CT molecular complexity index is 320. The average molecular weight is 230 g/mol. The predicted octanol–water partition coefficient (Wildman–Crippen LogP) is 1.61. The minimum Gasteiger partial charge on any atom is -0.383 e. The van der Waals surface area contributed by atoms with E-state index in [0.717, 1.165) is 5.56 Å². The number of ether oxygens (including phenoxy) is 1. The highest BCUT2D eigenvalue weighted by atomic mass is 35.5. The van der Waals surface area contributed by atoms with Gasteiger partial charge in [0.25, 0.3) is 0 Å². The summed E-state index contributed by atoms with van der Waals surface area (Å²) < 4.78 is 5.35. The molecule has 0 spiro atoms. The fraction of sp³-hybridized carbons (Fsp3) is 0.500. The molecule has 0 radical (unpaired) electrons. The van der Waals surface area contributed by atoms with Crippen LogP contribution in [0, 0.1) is 0 Å². The number of hydrogen-bond acceptors (Lipinski definition) is 4. The van der Waals surface area contributed by atoms with Gasteiger partial charge in [-0.2, -0.15) is 0 Å². The van der Waals surface area contributed by atoms with Gasteiger partial charge in [0.2, 0.25) is 0 Å². The number of nitrogens with zero attached hydrogens (tertiary/aromatic N) is 1. The second kappa shape index (κ2) is 5.90. The van der Waals surface area contributed by atoms with Crippen LogP contribution < -0.4 is 11.1 Å². The van der Waals surface area contributed by atoms with Gasteiger partial charge < -0.3 is 15.8 Å². The van der Waals surface area contributed by atoms with Crippen molar-refractivity contribution in [1.82, 2.24) is 10.3 Å². The zero-order chi connectivity index (χ0) is 11.3. The number of likely N-dealkylation sites (N-methyl/N-ethyl adjacent to an activating group) is 1. The Kier molecular flexibility index (Phi) is 4.81. The monoisotopic (exact) mass is 229 g/mol. The quantitative estimate of drug-likeness (QED) is 0.806. The van der Waals surface area contributed by atoms with E-state index in [-0.39, 0.29) is 6.04 Å². The normalized spacial score (nSPS) is 12.7. The number of nitrogens with one attached hydrogen (secondary N) is 1. The number of pyridine rings is 1. The summed E-state index contributed by atoms with van der Waals surface area (Å²) in [6, 6.07) is 1.83. The standard InChI is InChI=1S/C10H16ClN3O/c1-3-15-6-9(13-2)8-4-7(11)5-14-10(8)12/h4-5,9,13H,3,6H2,1-2H3,(H2,12,14). The van der Waals surface area contributed by atoms with Crippen molar-refractivity contribution in [1.29, 1.82) is 0 Å². The molecule has 0 saturated heterocycles. The topological polar surface area (TPSA) is 60.2 Å². The van der Waals surface area contributed by atoms with E-state index in [9.17, 15) is 0 Å². The molecule has 84 valence electrons. The third-order valence-corrected chi connectivity index (χ3v) is 2.34. The molecule has 0 bridgehead atoms. The Labute approximate surface area is 94.8 Å². The van der Waals surface area contributed by atoms with Crippen molar-refractivity contribution in [2.24, 2.45) is 0 Å². The molecule has 0 aliphatic rings. The summed E-state index contributed by atoms with van der Waals surface area (Å²) in [4.78, 5) is 4.01. The molecule has 0 amide bonds. The Hall–Kier alpha value is -0.840. The van der Waals surface area contributed by atoms with Crippen LogP contribution in [-0.4, -0.2) is 25.2 Å². The molecule has 1 aromatic rings. The van der Waals surface area contributed by atoms with Gasteiger partial charge in [0.05, 0.1) is 17.7 Å². The second-order valence-corrected chi connectivity index (χ2v) is 3.57. The maximum atomic E-state index is 5.87. The molecule has 0 saturated carbocycles. The van der Waals surface area contributed by atoms with Crippen LogP contribution in [-0.2, 0) is 4.74 Å². The Morgan fingerprint density at radius 2 is 2.40 bits per heavy atom. The van der Waals surface area contributed by atoms with E-state index >= 15 is 0 Å². The Balaban J connectivity index is 2.85. The largest absolute Gasteiger partial charge is 0.383 e. The van der Waals surface area contributed by atoms with Crippen molar-refractivity contribution in [2.75, 3.05) is 26.0 Å². The molecule has 1 rings (SSSR count). The molecular weight excluding hydrogens is 214 g/mol. The van der Waals surface area contributed by atoms with E-state index in [1.54, 1.807) is 0 Å². The first-order chi connectivity index (χ1) is 7.19. The molecule has 1 unspecified atom stereocenters. The maximum Gasteiger partial charge on any atom is 0.128 e. The Morgan fingerprint density at radius 3 is 3.00 bits per heavy atom. The number of nitrogens with two attached hydrogens (primary N) is 1. The SMILES string of the molecule is CCOCC(NC)c1cc(Cl)cnc1N. The van der Waals surface area contributed by atoms with E-state index in [4.69, 9.17) is 22.1 Å². The number of nitrogen functional groups attached to an aromatic ring is 1. The van der Waals surface area contributed by atoms with Crippen LogP contribution in [0.1, 0.15) is 18.5 Å². The van der Waals surface area contributed by atoms with Crippen molar-refractivity contribution < 1.29 is 4.74 Å². The number of anilines is 1. The van der Waals surface area contributed by atoms with E-state index in [1.807, 2.05) is 20.0 Å². The summed E-state index contributed by atoms with van der Waals surface area (Å²) in [6.07, 6.45) is 1.54.